The summed E-state index contributed by atoms with van der Waals surface area (Å²) in [4.78, 5) is 0. The smallest absolute Gasteiger partial charge is 0.100 e. The minimum atomic E-state index is -0.0251. The second kappa shape index (κ2) is 10.5. The molecule has 1 aliphatic rings. The Morgan fingerprint density at radius 1 is 0.867 bits per heavy atom. The monoisotopic (exact) mass is 454 g/mol. The van der Waals surface area contributed by atoms with Crippen molar-refractivity contribution < 1.29 is 8.92 Å². The molecular formula is C20H34N6O2S2. The molecule has 168 valence electrons. The molecule has 0 bridgehead atoms. The Bertz CT molecular complexity index is 796. The van der Waals surface area contributed by atoms with Crippen LogP contribution in [-0.4, -0.2) is 60.1 Å². The number of aromatic nitrogens is 6. The second-order valence-electron chi connectivity index (χ2n) is 8.44. The van der Waals surface area contributed by atoms with E-state index in [0.29, 0.717) is 11.8 Å². The van der Waals surface area contributed by atoms with E-state index in [1.807, 2.05) is 21.8 Å². The van der Waals surface area contributed by atoms with Gasteiger partial charge in [0.2, 0.25) is 0 Å². The minimum Gasteiger partial charge on any atom is -0.362 e. The fraction of sp³-hybridized carbons (Fsp3) is 0.800. The van der Waals surface area contributed by atoms with Gasteiger partial charge in [-0.2, -0.15) is 0 Å². The molecule has 0 saturated heterocycles. The molecule has 1 fully saturated rings. The molecule has 10 heteroatoms. The molecule has 0 aliphatic heterocycles. The molecule has 2 aromatic heterocycles. The van der Waals surface area contributed by atoms with Gasteiger partial charge in [0.15, 0.2) is 0 Å². The summed E-state index contributed by atoms with van der Waals surface area (Å²) in [5.41, 5.74) is 2.08. The maximum absolute atomic E-state index is 6.46. The van der Waals surface area contributed by atoms with Crippen LogP contribution >= 0.6 is 23.8 Å². The van der Waals surface area contributed by atoms with Crippen LogP contribution in [0.4, 0.5) is 0 Å². The predicted octanol–water partition coefficient (Wildman–Crippen LogP) is 4.45. The Labute approximate surface area is 188 Å². The predicted molar refractivity (Wildman–Crippen MR) is 122 cm³/mol. The number of ether oxygens (including phenoxy) is 1. The first-order chi connectivity index (χ1) is 14.3. The lowest BCUT2D eigenvalue weighted by molar-refractivity contribution is -0.0609. The maximum atomic E-state index is 6.46. The summed E-state index contributed by atoms with van der Waals surface area (Å²) in [6, 6.07) is 0.113. The zero-order valence-electron chi connectivity index (χ0n) is 18.9. The molecule has 0 radical (unpaired) electrons. The van der Waals surface area contributed by atoms with Crippen LogP contribution < -0.4 is 0 Å². The van der Waals surface area contributed by atoms with Crippen LogP contribution in [0.3, 0.4) is 0 Å². The van der Waals surface area contributed by atoms with E-state index in [9.17, 15) is 0 Å². The van der Waals surface area contributed by atoms with Gasteiger partial charge >= 0.3 is 0 Å². The quantitative estimate of drug-likeness (QED) is 0.406. The van der Waals surface area contributed by atoms with Gasteiger partial charge in [-0.25, -0.2) is 9.36 Å². The van der Waals surface area contributed by atoms with E-state index in [0.717, 1.165) is 24.2 Å². The molecule has 4 unspecified atom stereocenters. The van der Waals surface area contributed by atoms with Gasteiger partial charge in [0.25, 0.3) is 0 Å². The second-order valence-corrected chi connectivity index (χ2v) is 10.1. The molecule has 30 heavy (non-hydrogen) atoms. The first-order valence-corrected chi connectivity index (χ1v) is 13.0. The van der Waals surface area contributed by atoms with Crippen LogP contribution in [-0.2, 0) is 8.92 Å². The molecular weight excluding hydrogens is 420 g/mol. The van der Waals surface area contributed by atoms with E-state index in [4.69, 9.17) is 8.92 Å². The van der Waals surface area contributed by atoms with Gasteiger partial charge in [-0.15, -0.1) is 22.0 Å². The number of nitrogens with zero attached hydrogens (tertiary/aromatic N) is 6. The number of rotatable bonds is 9. The lowest BCUT2D eigenvalue weighted by Gasteiger charge is -2.40. The van der Waals surface area contributed by atoms with E-state index < -0.39 is 0 Å². The summed E-state index contributed by atoms with van der Waals surface area (Å²) < 4.78 is 16.5. The van der Waals surface area contributed by atoms with E-state index in [-0.39, 0.29) is 29.7 Å². The normalized spacial score (nSPS) is 25.9. The van der Waals surface area contributed by atoms with Gasteiger partial charge in [0.05, 0.1) is 35.7 Å². The molecule has 3 rings (SSSR count). The lowest BCUT2D eigenvalue weighted by atomic mass is 9.86. The largest absolute Gasteiger partial charge is 0.362 e. The van der Waals surface area contributed by atoms with E-state index in [1.54, 1.807) is 11.8 Å². The third-order valence-electron chi connectivity index (χ3n) is 5.64. The van der Waals surface area contributed by atoms with Crippen molar-refractivity contribution in [1.82, 2.24) is 30.0 Å². The Morgan fingerprint density at radius 3 is 1.80 bits per heavy atom. The van der Waals surface area contributed by atoms with Crippen molar-refractivity contribution in [3.8, 4) is 0 Å². The van der Waals surface area contributed by atoms with E-state index in [1.165, 1.54) is 12.0 Å². The topological polar surface area (TPSA) is 79.9 Å². The van der Waals surface area contributed by atoms with Gasteiger partial charge < -0.3 is 8.92 Å². The van der Waals surface area contributed by atoms with Crippen LogP contribution in [0, 0.1) is 0 Å². The van der Waals surface area contributed by atoms with Crippen molar-refractivity contribution in [3.05, 3.63) is 23.8 Å². The first kappa shape index (κ1) is 23.6. The molecule has 0 N–H and O–H groups in total. The summed E-state index contributed by atoms with van der Waals surface area (Å²) in [6.45, 7) is 10.6. The minimum absolute atomic E-state index is 0.0208. The van der Waals surface area contributed by atoms with Crippen molar-refractivity contribution in [1.29, 1.82) is 0 Å². The highest BCUT2D eigenvalue weighted by Gasteiger charge is 2.42. The van der Waals surface area contributed by atoms with E-state index in [2.05, 4.69) is 67.7 Å². The summed E-state index contributed by atoms with van der Waals surface area (Å²) in [6.07, 6.45) is 9.63. The Hall–Kier alpha value is -1.10. The van der Waals surface area contributed by atoms with Gasteiger partial charge in [0.1, 0.15) is 5.44 Å². The zero-order chi connectivity index (χ0) is 21.8. The highest BCUT2D eigenvalue weighted by molar-refractivity contribution is 7.99. The molecule has 1 aliphatic carbocycles. The fourth-order valence-electron chi connectivity index (χ4n) is 3.76. The summed E-state index contributed by atoms with van der Waals surface area (Å²) >= 11 is 3.10. The van der Waals surface area contributed by atoms with Crippen LogP contribution in [0.2, 0.25) is 0 Å². The Kier molecular flexibility index (Phi) is 8.23. The van der Waals surface area contributed by atoms with E-state index >= 15 is 0 Å². The third-order valence-corrected chi connectivity index (χ3v) is 6.86. The average molecular weight is 455 g/mol. The summed E-state index contributed by atoms with van der Waals surface area (Å²) in [5.74, 6) is 0.672. The number of thioether (sulfide) groups is 1. The van der Waals surface area contributed by atoms with Crippen LogP contribution in [0.25, 0.3) is 0 Å². The Morgan fingerprint density at radius 2 is 1.37 bits per heavy atom. The molecule has 0 spiro atoms. The van der Waals surface area contributed by atoms with Crippen molar-refractivity contribution in [2.24, 2.45) is 0 Å². The molecule has 2 heterocycles. The van der Waals surface area contributed by atoms with Crippen molar-refractivity contribution >= 4 is 23.8 Å². The highest BCUT2D eigenvalue weighted by Crippen LogP contribution is 2.41. The molecule has 1 saturated carbocycles. The molecule has 8 nitrogen and oxygen atoms in total. The fourth-order valence-corrected chi connectivity index (χ4v) is 4.47. The number of hydrogen-bond donors (Lipinski definition) is 0. The van der Waals surface area contributed by atoms with Gasteiger partial charge in [0, 0.05) is 31.5 Å². The summed E-state index contributed by atoms with van der Waals surface area (Å²) in [7, 11) is 0. The third kappa shape index (κ3) is 5.38. The Balaban J connectivity index is 1.91. The zero-order valence-corrected chi connectivity index (χ0v) is 20.6. The maximum Gasteiger partial charge on any atom is 0.100 e. The van der Waals surface area contributed by atoms with Gasteiger partial charge in [-0.05, 0) is 37.1 Å². The highest BCUT2D eigenvalue weighted by atomic mass is 32.2. The molecule has 5 atom stereocenters. The van der Waals surface area contributed by atoms with Crippen LogP contribution in [0.1, 0.15) is 82.8 Å². The van der Waals surface area contributed by atoms with Crippen molar-refractivity contribution in [2.45, 2.75) is 89.0 Å². The number of hydrogen-bond acceptors (Lipinski definition) is 8. The molecule has 0 amide bonds. The lowest BCUT2D eigenvalue weighted by Crippen LogP contribution is -2.43. The standard InChI is InChI=1S/C20H34N6O2S2/c1-12(2)15-10-25(23-21-15)17-9-20(28-30-7)18(8-19(17)27-14(5)29-6)26-11-16(13(3)4)22-24-26/h10-14,17-20H,8-9H2,1-7H3/t14?,17-,18?,19?,20?/m0/s1. The van der Waals surface area contributed by atoms with Crippen molar-refractivity contribution in [3.63, 3.8) is 0 Å². The average Bonchev–Trinajstić information content (AvgIpc) is 3.39. The van der Waals surface area contributed by atoms with Crippen LogP contribution in [0.15, 0.2) is 12.4 Å². The molecule has 0 aromatic carbocycles. The van der Waals surface area contributed by atoms with Crippen molar-refractivity contribution in [2.75, 3.05) is 12.5 Å². The van der Waals surface area contributed by atoms with Gasteiger partial charge in [-0.3, -0.25) is 0 Å². The molecule has 2 aromatic rings. The summed E-state index contributed by atoms with van der Waals surface area (Å²) in [5, 5.41) is 17.6. The van der Waals surface area contributed by atoms with Crippen LogP contribution in [0.5, 0.6) is 0 Å². The first-order valence-electron chi connectivity index (χ1n) is 10.5. The SMILES string of the molecule is CSOC1C[C@H](n2cc(C(C)C)nn2)C(OC(C)SC)CC1n1cc(C(C)C)nn1. The van der Waals surface area contributed by atoms with Gasteiger partial charge in [-0.1, -0.05) is 38.1 Å².